The highest BCUT2D eigenvalue weighted by atomic mass is 79.9. The average Bonchev–Trinajstić information content (AvgIpc) is 2.63. The lowest BCUT2D eigenvalue weighted by atomic mass is 10.1. The second kappa shape index (κ2) is 5.33. The highest BCUT2D eigenvalue weighted by molar-refractivity contribution is 9.10. The molecule has 96 valence electrons. The Morgan fingerprint density at radius 3 is 2.78 bits per heavy atom. The fourth-order valence-corrected chi connectivity index (χ4v) is 2.50. The van der Waals surface area contributed by atoms with Crippen molar-refractivity contribution in [1.29, 1.82) is 0 Å². The molecule has 0 radical (unpaired) electrons. The topological polar surface area (TPSA) is 29.9 Å². The number of nitrogens with zero attached hydrogens (tertiary/aromatic N) is 2. The van der Waals surface area contributed by atoms with Gasteiger partial charge in [0.2, 0.25) is 0 Å². The van der Waals surface area contributed by atoms with Crippen molar-refractivity contribution in [2.75, 3.05) is 5.32 Å². The zero-order valence-electron chi connectivity index (χ0n) is 10.5. The lowest BCUT2D eigenvalue weighted by molar-refractivity contribution is 0.756. The number of anilines is 1. The molecule has 0 saturated heterocycles. The Bertz CT molecular complexity index is 565. The van der Waals surface area contributed by atoms with Crippen LogP contribution in [-0.2, 0) is 7.05 Å². The van der Waals surface area contributed by atoms with Gasteiger partial charge < -0.3 is 5.32 Å². The molecule has 0 bridgehead atoms. The summed E-state index contributed by atoms with van der Waals surface area (Å²) < 4.78 is 2.83. The molecular weight excluding hydrogens is 314 g/mol. The third kappa shape index (κ3) is 2.87. The first-order chi connectivity index (χ1) is 8.47. The van der Waals surface area contributed by atoms with Crippen molar-refractivity contribution in [1.82, 2.24) is 9.78 Å². The monoisotopic (exact) mass is 327 g/mol. The third-order valence-corrected chi connectivity index (χ3v) is 3.74. The number of hydrogen-bond donors (Lipinski definition) is 1. The summed E-state index contributed by atoms with van der Waals surface area (Å²) in [5.41, 5.74) is 3.21. The largest absolute Gasteiger partial charge is 0.377 e. The minimum absolute atomic E-state index is 0.175. The van der Waals surface area contributed by atoms with Gasteiger partial charge in [-0.3, -0.25) is 4.68 Å². The van der Waals surface area contributed by atoms with Gasteiger partial charge >= 0.3 is 0 Å². The molecular formula is C13H15BrClN3. The van der Waals surface area contributed by atoms with Gasteiger partial charge in [-0.05, 0) is 48.0 Å². The van der Waals surface area contributed by atoms with Crippen LogP contribution in [0.4, 0.5) is 5.69 Å². The number of nitrogens with one attached hydrogen (secondary N) is 1. The number of aromatic nitrogens is 2. The predicted molar refractivity (Wildman–Crippen MR) is 79.1 cm³/mol. The van der Waals surface area contributed by atoms with Gasteiger partial charge in [0.05, 0.1) is 17.4 Å². The first-order valence-electron chi connectivity index (χ1n) is 5.69. The highest BCUT2D eigenvalue weighted by Gasteiger charge is 2.12. The number of rotatable bonds is 3. The van der Waals surface area contributed by atoms with Crippen molar-refractivity contribution in [2.24, 2.45) is 7.05 Å². The number of benzene rings is 1. The van der Waals surface area contributed by atoms with E-state index in [-0.39, 0.29) is 6.04 Å². The van der Waals surface area contributed by atoms with Crippen molar-refractivity contribution < 1.29 is 0 Å². The molecule has 0 aliphatic rings. The predicted octanol–water partition coefficient (Wildman–Crippen LogP) is 4.32. The first kappa shape index (κ1) is 13.4. The van der Waals surface area contributed by atoms with Crippen molar-refractivity contribution >= 4 is 33.2 Å². The van der Waals surface area contributed by atoms with Crippen LogP contribution in [-0.4, -0.2) is 9.78 Å². The van der Waals surface area contributed by atoms with Crippen LogP contribution in [0.1, 0.15) is 24.2 Å². The van der Waals surface area contributed by atoms with E-state index in [0.717, 1.165) is 20.9 Å². The fraction of sp³-hybridized carbons (Fsp3) is 0.308. The summed E-state index contributed by atoms with van der Waals surface area (Å²) in [6, 6.07) is 5.88. The molecule has 0 fully saturated rings. The Balaban J connectivity index is 2.23. The van der Waals surface area contributed by atoms with E-state index in [1.165, 1.54) is 5.56 Å². The zero-order valence-corrected chi connectivity index (χ0v) is 12.9. The van der Waals surface area contributed by atoms with Gasteiger partial charge in [-0.2, -0.15) is 5.10 Å². The molecule has 0 spiro atoms. The molecule has 0 aliphatic carbocycles. The zero-order chi connectivity index (χ0) is 13.3. The fourth-order valence-electron chi connectivity index (χ4n) is 1.96. The summed E-state index contributed by atoms with van der Waals surface area (Å²) in [6.45, 7) is 4.12. The van der Waals surface area contributed by atoms with Crippen LogP contribution in [0, 0.1) is 6.92 Å². The van der Waals surface area contributed by atoms with E-state index in [0.29, 0.717) is 0 Å². The van der Waals surface area contributed by atoms with Gasteiger partial charge in [-0.25, -0.2) is 0 Å². The molecule has 0 aliphatic heterocycles. The van der Waals surface area contributed by atoms with E-state index in [9.17, 15) is 0 Å². The summed E-state index contributed by atoms with van der Waals surface area (Å²) in [7, 11) is 1.93. The summed E-state index contributed by atoms with van der Waals surface area (Å²) in [5.74, 6) is 0. The van der Waals surface area contributed by atoms with E-state index in [1.54, 1.807) is 0 Å². The second-order valence-corrected chi connectivity index (χ2v) is 5.62. The lowest BCUT2D eigenvalue weighted by Crippen LogP contribution is -2.07. The van der Waals surface area contributed by atoms with E-state index in [4.69, 9.17) is 11.6 Å². The molecule has 2 rings (SSSR count). The molecule has 2 aromatic rings. The van der Waals surface area contributed by atoms with E-state index < -0.39 is 0 Å². The van der Waals surface area contributed by atoms with Crippen molar-refractivity contribution in [3.8, 4) is 0 Å². The van der Waals surface area contributed by atoms with E-state index in [2.05, 4.69) is 33.3 Å². The van der Waals surface area contributed by atoms with Gasteiger partial charge in [0.1, 0.15) is 0 Å². The lowest BCUT2D eigenvalue weighted by Gasteiger charge is -2.16. The van der Waals surface area contributed by atoms with Crippen LogP contribution in [0.15, 0.2) is 28.9 Å². The second-order valence-electron chi connectivity index (χ2n) is 4.33. The first-order valence-corrected chi connectivity index (χ1v) is 6.86. The molecule has 1 heterocycles. The molecule has 1 atom stereocenters. The number of halogens is 2. The third-order valence-electron chi connectivity index (χ3n) is 2.82. The Labute approximate surface area is 120 Å². The van der Waals surface area contributed by atoms with Crippen LogP contribution in [0.5, 0.6) is 0 Å². The molecule has 3 nitrogen and oxygen atoms in total. The Morgan fingerprint density at radius 2 is 2.17 bits per heavy atom. The van der Waals surface area contributed by atoms with Crippen LogP contribution < -0.4 is 5.32 Å². The van der Waals surface area contributed by atoms with Gasteiger partial charge in [0, 0.05) is 28.3 Å². The SMILES string of the molecule is Cc1nn(C)cc1C(C)Nc1cc(Cl)ccc1Br. The molecule has 1 aromatic heterocycles. The summed E-state index contributed by atoms with van der Waals surface area (Å²) in [5, 5.41) is 8.51. The molecule has 0 amide bonds. The minimum atomic E-state index is 0.175. The van der Waals surface area contributed by atoms with Gasteiger partial charge in [-0.15, -0.1) is 0 Å². The van der Waals surface area contributed by atoms with E-state index in [1.807, 2.05) is 43.0 Å². The van der Waals surface area contributed by atoms with Crippen LogP contribution >= 0.6 is 27.5 Å². The summed E-state index contributed by atoms with van der Waals surface area (Å²) in [6.07, 6.45) is 2.03. The van der Waals surface area contributed by atoms with Crippen LogP contribution in [0.3, 0.4) is 0 Å². The molecule has 1 N–H and O–H groups in total. The van der Waals surface area contributed by atoms with Crippen LogP contribution in [0.25, 0.3) is 0 Å². The Kier molecular flexibility index (Phi) is 3.97. The standard InChI is InChI=1S/C13H15BrClN3/c1-8(11-7-18(3)17-9(11)2)16-13-6-10(15)4-5-12(13)14/h4-8,16H,1-3H3. The molecule has 1 aromatic carbocycles. The minimum Gasteiger partial charge on any atom is -0.377 e. The highest BCUT2D eigenvalue weighted by Crippen LogP contribution is 2.29. The number of aryl methyl sites for hydroxylation is 2. The van der Waals surface area contributed by atoms with Crippen molar-refractivity contribution in [2.45, 2.75) is 19.9 Å². The maximum atomic E-state index is 6.00. The quantitative estimate of drug-likeness (QED) is 0.909. The Hall–Kier alpha value is -1.000. The van der Waals surface area contributed by atoms with Gasteiger partial charge in [-0.1, -0.05) is 11.6 Å². The smallest absolute Gasteiger partial charge is 0.0646 e. The van der Waals surface area contributed by atoms with E-state index >= 15 is 0 Å². The van der Waals surface area contributed by atoms with Gasteiger partial charge in [0.25, 0.3) is 0 Å². The molecule has 5 heteroatoms. The summed E-state index contributed by atoms with van der Waals surface area (Å²) >= 11 is 9.52. The average molecular weight is 329 g/mol. The number of hydrogen-bond acceptors (Lipinski definition) is 2. The van der Waals surface area contributed by atoms with Crippen LogP contribution in [0.2, 0.25) is 5.02 Å². The maximum absolute atomic E-state index is 6.00. The van der Waals surface area contributed by atoms with Crippen molar-refractivity contribution in [3.05, 3.63) is 45.1 Å². The summed E-state index contributed by atoms with van der Waals surface area (Å²) in [4.78, 5) is 0. The normalized spacial score (nSPS) is 12.5. The Morgan fingerprint density at radius 1 is 1.44 bits per heavy atom. The molecule has 0 saturated carbocycles. The maximum Gasteiger partial charge on any atom is 0.0646 e. The molecule has 1 unspecified atom stereocenters. The van der Waals surface area contributed by atoms with Crippen molar-refractivity contribution in [3.63, 3.8) is 0 Å². The molecule has 18 heavy (non-hydrogen) atoms. The van der Waals surface area contributed by atoms with Gasteiger partial charge in [0.15, 0.2) is 0 Å².